The van der Waals surface area contributed by atoms with Crippen LogP contribution in [0.15, 0.2) is 24.3 Å². The van der Waals surface area contributed by atoms with Gasteiger partial charge in [-0.2, -0.15) is 0 Å². The summed E-state index contributed by atoms with van der Waals surface area (Å²) in [6.07, 6.45) is 1.62. The number of nitrogens with one attached hydrogen (secondary N) is 4. The fourth-order valence-electron chi connectivity index (χ4n) is 2.67. The smallest absolute Gasteiger partial charge is 0.273 e. The standard InChI is InChI=1S/C19H27ClN8O2/c1-3-4-12(10-24-18(29)14-16(21)28-17(22)15(20)27-14)26-19(23)25-9-11-5-7-13(30-2)8-6-11/h5-8,12H,3-4,9-10H2,1-2H3,(H,24,29)(H4,21,22,28)(H3,23,25,26). The van der Waals surface area contributed by atoms with Crippen LogP contribution in [-0.2, 0) is 6.54 Å². The molecular formula is C19H27ClN8O2. The number of nitrogens with zero attached hydrogens (tertiary/aromatic N) is 2. The van der Waals surface area contributed by atoms with E-state index in [1.165, 1.54) is 0 Å². The Morgan fingerprint density at radius 2 is 1.90 bits per heavy atom. The second-order valence-electron chi connectivity index (χ2n) is 6.55. The number of nitrogens with two attached hydrogens (primary N) is 2. The largest absolute Gasteiger partial charge is 0.497 e. The number of carbonyl (C=O) groups excluding carboxylic acids is 1. The third kappa shape index (κ3) is 6.66. The molecule has 1 aromatic heterocycles. The third-order valence-corrected chi connectivity index (χ3v) is 4.52. The Hall–Kier alpha value is -3.27. The zero-order chi connectivity index (χ0) is 22.1. The lowest BCUT2D eigenvalue weighted by Crippen LogP contribution is -2.47. The molecule has 0 bridgehead atoms. The minimum atomic E-state index is -0.512. The van der Waals surface area contributed by atoms with E-state index in [1.807, 2.05) is 31.2 Å². The molecular weight excluding hydrogens is 408 g/mol. The highest BCUT2D eigenvalue weighted by Crippen LogP contribution is 2.17. The van der Waals surface area contributed by atoms with Gasteiger partial charge in [-0.25, -0.2) is 9.97 Å². The maximum absolute atomic E-state index is 12.4. The summed E-state index contributed by atoms with van der Waals surface area (Å²) in [5.41, 5.74) is 12.2. The van der Waals surface area contributed by atoms with Crippen LogP contribution in [0, 0.1) is 5.41 Å². The van der Waals surface area contributed by atoms with Gasteiger partial charge in [0, 0.05) is 19.1 Å². The second-order valence-corrected chi connectivity index (χ2v) is 6.91. The van der Waals surface area contributed by atoms with Crippen molar-refractivity contribution in [2.24, 2.45) is 0 Å². The van der Waals surface area contributed by atoms with Crippen LogP contribution in [0.5, 0.6) is 5.75 Å². The lowest BCUT2D eigenvalue weighted by molar-refractivity contribution is 0.0945. The molecule has 1 amide bonds. The number of rotatable bonds is 9. The van der Waals surface area contributed by atoms with E-state index in [4.69, 9.17) is 33.2 Å². The van der Waals surface area contributed by atoms with Gasteiger partial charge < -0.3 is 32.2 Å². The van der Waals surface area contributed by atoms with Gasteiger partial charge in [0.2, 0.25) is 0 Å². The van der Waals surface area contributed by atoms with Crippen LogP contribution in [0.1, 0.15) is 35.8 Å². The Kier molecular flexibility index (Phi) is 8.48. The molecule has 0 spiro atoms. The molecule has 0 fully saturated rings. The molecule has 10 nitrogen and oxygen atoms in total. The Balaban J connectivity index is 1.88. The summed E-state index contributed by atoms with van der Waals surface area (Å²) >= 11 is 5.82. The predicted molar refractivity (Wildman–Crippen MR) is 118 cm³/mol. The van der Waals surface area contributed by atoms with E-state index < -0.39 is 5.91 Å². The zero-order valence-electron chi connectivity index (χ0n) is 17.0. The van der Waals surface area contributed by atoms with E-state index in [0.717, 1.165) is 24.2 Å². The molecule has 0 radical (unpaired) electrons. The molecule has 162 valence electrons. The summed E-state index contributed by atoms with van der Waals surface area (Å²) in [5, 5.41) is 16.9. The second kappa shape index (κ2) is 11.1. The molecule has 0 saturated carbocycles. The number of hydrogen-bond acceptors (Lipinski definition) is 7. The minimum absolute atomic E-state index is 0.0346. The van der Waals surface area contributed by atoms with Crippen molar-refractivity contribution in [3.8, 4) is 5.75 Å². The van der Waals surface area contributed by atoms with E-state index >= 15 is 0 Å². The molecule has 2 aromatic rings. The SMILES string of the molecule is CCCC(CNC(=O)c1nc(Cl)c(N)nc1N)NC(=N)NCc1ccc(OC)cc1. The van der Waals surface area contributed by atoms with Crippen LogP contribution < -0.4 is 32.2 Å². The molecule has 11 heteroatoms. The number of guanidine groups is 1. The van der Waals surface area contributed by atoms with E-state index in [2.05, 4.69) is 25.9 Å². The number of carbonyl (C=O) groups is 1. The fraction of sp³-hybridized carbons (Fsp3) is 0.368. The lowest BCUT2D eigenvalue weighted by atomic mass is 10.1. The maximum Gasteiger partial charge on any atom is 0.273 e. The molecule has 1 atom stereocenters. The third-order valence-electron chi connectivity index (χ3n) is 4.24. The minimum Gasteiger partial charge on any atom is -0.497 e. The number of hydrogen-bond donors (Lipinski definition) is 6. The van der Waals surface area contributed by atoms with Gasteiger partial charge in [-0.3, -0.25) is 10.2 Å². The van der Waals surface area contributed by atoms with Gasteiger partial charge in [-0.05, 0) is 24.1 Å². The van der Waals surface area contributed by atoms with Crippen LogP contribution in [0.4, 0.5) is 11.6 Å². The van der Waals surface area contributed by atoms with Crippen molar-refractivity contribution in [1.82, 2.24) is 25.9 Å². The zero-order valence-corrected chi connectivity index (χ0v) is 17.7. The van der Waals surface area contributed by atoms with Gasteiger partial charge in [-0.15, -0.1) is 0 Å². The van der Waals surface area contributed by atoms with E-state index in [9.17, 15) is 4.79 Å². The first-order valence-electron chi connectivity index (χ1n) is 9.42. The van der Waals surface area contributed by atoms with Crippen molar-refractivity contribution in [2.45, 2.75) is 32.4 Å². The Bertz CT molecular complexity index is 876. The number of amides is 1. The fourth-order valence-corrected chi connectivity index (χ4v) is 2.80. The van der Waals surface area contributed by atoms with E-state index in [1.54, 1.807) is 7.11 Å². The number of aromatic nitrogens is 2. The molecule has 30 heavy (non-hydrogen) atoms. The van der Waals surface area contributed by atoms with Gasteiger partial charge in [-0.1, -0.05) is 37.1 Å². The summed E-state index contributed by atoms with van der Waals surface area (Å²) in [6, 6.07) is 7.41. The summed E-state index contributed by atoms with van der Waals surface area (Å²) in [7, 11) is 1.61. The van der Waals surface area contributed by atoms with Gasteiger partial charge in [0.1, 0.15) is 5.75 Å². The van der Waals surface area contributed by atoms with Crippen molar-refractivity contribution >= 4 is 35.1 Å². The molecule has 1 heterocycles. The molecule has 0 aliphatic rings. The molecule has 2 rings (SSSR count). The highest BCUT2D eigenvalue weighted by atomic mass is 35.5. The highest BCUT2D eigenvalue weighted by Gasteiger charge is 2.18. The first-order chi connectivity index (χ1) is 14.3. The monoisotopic (exact) mass is 434 g/mol. The van der Waals surface area contributed by atoms with Gasteiger partial charge in [0.25, 0.3) is 5.91 Å². The van der Waals surface area contributed by atoms with E-state index in [-0.39, 0.29) is 41.0 Å². The molecule has 8 N–H and O–H groups in total. The topological polar surface area (TPSA) is 164 Å². The number of anilines is 2. The van der Waals surface area contributed by atoms with Crippen molar-refractivity contribution in [3.63, 3.8) is 0 Å². The van der Waals surface area contributed by atoms with Crippen LogP contribution in [-0.4, -0.2) is 41.5 Å². The Morgan fingerprint density at radius 3 is 2.53 bits per heavy atom. The van der Waals surface area contributed by atoms with Crippen LogP contribution in [0.25, 0.3) is 0 Å². The Morgan fingerprint density at radius 1 is 1.20 bits per heavy atom. The normalized spacial score (nSPS) is 11.4. The first-order valence-corrected chi connectivity index (χ1v) is 9.80. The number of nitrogen functional groups attached to an aromatic ring is 2. The lowest BCUT2D eigenvalue weighted by Gasteiger charge is -2.21. The molecule has 1 aromatic carbocycles. The number of halogens is 1. The van der Waals surface area contributed by atoms with Gasteiger partial charge in [0.15, 0.2) is 28.4 Å². The van der Waals surface area contributed by atoms with Gasteiger partial charge in [0.05, 0.1) is 7.11 Å². The Labute approximate surface area is 180 Å². The summed E-state index contributed by atoms with van der Waals surface area (Å²) in [6.45, 7) is 2.77. The van der Waals surface area contributed by atoms with Crippen LogP contribution >= 0.6 is 11.6 Å². The summed E-state index contributed by atoms with van der Waals surface area (Å²) in [5.74, 6) is 0.297. The van der Waals surface area contributed by atoms with Gasteiger partial charge >= 0.3 is 0 Å². The number of ether oxygens (including phenoxy) is 1. The van der Waals surface area contributed by atoms with Crippen molar-refractivity contribution in [2.75, 3.05) is 25.1 Å². The summed E-state index contributed by atoms with van der Waals surface area (Å²) in [4.78, 5) is 20.1. The average molecular weight is 435 g/mol. The number of methoxy groups -OCH3 is 1. The molecule has 0 aliphatic carbocycles. The average Bonchev–Trinajstić information content (AvgIpc) is 2.73. The van der Waals surface area contributed by atoms with Crippen LogP contribution in [0.2, 0.25) is 5.15 Å². The molecule has 1 unspecified atom stereocenters. The van der Waals surface area contributed by atoms with E-state index in [0.29, 0.717) is 6.54 Å². The summed E-state index contributed by atoms with van der Waals surface area (Å²) < 4.78 is 5.13. The molecule has 0 saturated heterocycles. The quantitative estimate of drug-likeness (QED) is 0.255. The number of benzene rings is 1. The highest BCUT2D eigenvalue weighted by molar-refractivity contribution is 6.31. The van der Waals surface area contributed by atoms with Crippen molar-refractivity contribution in [3.05, 3.63) is 40.7 Å². The van der Waals surface area contributed by atoms with Crippen molar-refractivity contribution in [1.29, 1.82) is 5.41 Å². The van der Waals surface area contributed by atoms with Crippen LogP contribution in [0.3, 0.4) is 0 Å². The first kappa shape index (κ1) is 23.0. The maximum atomic E-state index is 12.4. The molecule has 0 aliphatic heterocycles. The van der Waals surface area contributed by atoms with Crippen molar-refractivity contribution < 1.29 is 9.53 Å². The predicted octanol–water partition coefficient (Wildman–Crippen LogP) is 1.52.